The van der Waals surface area contributed by atoms with Gasteiger partial charge in [0.15, 0.2) is 0 Å². The third-order valence-electron chi connectivity index (χ3n) is 8.60. The molecule has 3 aromatic rings. The van der Waals surface area contributed by atoms with Crippen molar-refractivity contribution in [3.05, 3.63) is 65.0 Å². The van der Waals surface area contributed by atoms with Gasteiger partial charge in [0, 0.05) is 31.8 Å². The monoisotopic (exact) mass is 588 g/mol. The second-order valence-electron chi connectivity index (χ2n) is 12.2. The summed E-state index contributed by atoms with van der Waals surface area (Å²) in [5.41, 5.74) is 2.49. The first-order chi connectivity index (χ1) is 20.8. The van der Waals surface area contributed by atoms with Gasteiger partial charge in [-0.3, -0.25) is 19.5 Å². The van der Waals surface area contributed by atoms with Crippen LogP contribution in [0.3, 0.4) is 0 Å². The Balaban J connectivity index is 1.43. The molecule has 5 rings (SSSR count). The maximum absolute atomic E-state index is 14.0. The largest absolute Gasteiger partial charge is 0.344 e. The first-order valence-corrected chi connectivity index (χ1v) is 15.7. The number of hydrogen-bond acceptors (Lipinski definition) is 6. The lowest BCUT2D eigenvalue weighted by Gasteiger charge is -2.28. The van der Waals surface area contributed by atoms with Gasteiger partial charge in [0.05, 0.1) is 30.0 Å². The Morgan fingerprint density at radius 2 is 1.77 bits per heavy atom. The van der Waals surface area contributed by atoms with E-state index in [1.54, 1.807) is 11.1 Å². The topological polar surface area (TPSA) is 138 Å². The maximum atomic E-state index is 14.0. The average molecular weight is 589 g/mol. The van der Waals surface area contributed by atoms with Crippen LogP contribution < -0.4 is 10.6 Å². The summed E-state index contributed by atoms with van der Waals surface area (Å²) in [6.45, 7) is 7.08. The molecule has 2 aliphatic rings. The van der Waals surface area contributed by atoms with Crippen LogP contribution in [-0.4, -0.2) is 66.7 Å². The van der Waals surface area contributed by atoms with Crippen molar-refractivity contribution in [3.63, 3.8) is 0 Å². The average Bonchev–Trinajstić information content (AvgIpc) is 3.64. The van der Waals surface area contributed by atoms with Gasteiger partial charge < -0.3 is 15.5 Å². The quantitative estimate of drug-likeness (QED) is 0.414. The number of aromatic amines is 1. The molecular formula is C32H44N8O3. The van der Waals surface area contributed by atoms with Crippen LogP contribution in [0.1, 0.15) is 104 Å². The van der Waals surface area contributed by atoms with Crippen LogP contribution in [0.5, 0.6) is 0 Å². The van der Waals surface area contributed by atoms with Gasteiger partial charge in [-0.2, -0.15) is 10.2 Å². The van der Waals surface area contributed by atoms with E-state index in [2.05, 4.69) is 25.9 Å². The fourth-order valence-corrected chi connectivity index (χ4v) is 6.28. The Morgan fingerprint density at radius 3 is 2.51 bits per heavy atom. The van der Waals surface area contributed by atoms with E-state index in [1.807, 2.05) is 55.8 Å². The molecule has 3 N–H and O–H groups in total. The number of H-pyrrole nitrogens is 1. The number of nitrogens with one attached hydrogen (secondary N) is 3. The minimum atomic E-state index is -0.752. The van der Waals surface area contributed by atoms with Crippen molar-refractivity contribution >= 4 is 17.7 Å². The van der Waals surface area contributed by atoms with Gasteiger partial charge in [-0.1, -0.05) is 63.4 Å². The molecule has 0 spiro atoms. The summed E-state index contributed by atoms with van der Waals surface area (Å²) in [5.74, 6) is 0.994. The van der Waals surface area contributed by atoms with Crippen LogP contribution in [0.15, 0.2) is 36.5 Å². The Labute approximate surface area is 253 Å². The van der Waals surface area contributed by atoms with Crippen LogP contribution in [-0.2, 0) is 22.6 Å². The van der Waals surface area contributed by atoms with E-state index in [9.17, 15) is 14.4 Å². The zero-order valence-corrected chi connectivity index (χ0v) is 25.5. The molecule has 2 aromatic heterocycles. The molecule has 11 heteroatoms. The van der Waals surface area contributed by atoms with Crippen molar-refractivity contribution < 1.29 is 14.4 Å². The van der Waals surface area contributed by atoms with E-state index >= 15 is 0 Å². The molecule has 1 aliphatic carbocycles. The Kier molecular flexibility index (Phi) is 9.89. The second kappa shape index (κ2) is 14.0. The van der Waals surface area contributed by atoms with Crippen LogP contribution in [0.2, 0.25) is 0 Å². The van der Waals surface area contributed by atoms with Crippen molar-refractivity contribution in [2.24, 2.45) is 5.92 Å². The van der Waals surface area contributed by atoms with E-state index in [4.69, 9.17) is 4.98 Å². The van der Waals surface area contributed by atoms with Crippen molar-refractivity contribution in [3.8, 4) is 0 Å². The SMILES string of the molecule is Cc1nc2n(n1)CCN(C(=O)c1cn[nH]c1C1CCCCC1)CCCC(=O)N[C@@H](Cc1ccccc1)C(=O)N[C@@H]2C(C)C. The number of benzene rings is 1. The third kappa shape index (κ3) is 7.50. The molecule has 230 valence electrons. The van der Waals surface area contributed by atoms with Crippen LogP contribution >= 0.6 is 0 Å². The molecule has 0 unspecified atom stereocenters. The van der Waals surface area contributed by atoms with Crippen LogP contribution in [0.25, 0.3) is 0 Å². The predicted octanol–water partition coefficient (Wildman–Crippen LogP) is 3.83. The Bertz CT molecular complexity index is 1390. The molecule has 2 atom stereocenters. The smallest absolute Gasteiger partial charge is 0.257 e. The highest BCUT2D eigenvalue weighted by Crippen LogP contribution is 2.33. The summed E-state index contributed by atoms with van der Waals surface area (Å²) in [6.07, 6.45) is 8.32. The van der Waals surface area contributed by atoms with Crippen molar-refractivity contribution in [2.45, 2.75) is 96.7 Å². The van der Waals surface area contributed by atoms with E-state index < -0.39 is 12.1 Å². The van der Waals surface area contributed by atoms with Gasteiger partial charge in [-0.15, -0.1) is 0 Å². The van der Waals surface area contributed by atoms with Crippen molar-refractivity contribution in [1.82, 2.24) is 40.5 Å². The summed E-state index contributed by atoms with van der Waals surface area (Å²) in [6, 6.07) is 8.49. The van der Waals surface area contributed by atoms with E-state index in [1.165, 1.54) is 6.42 Å². The number of nitrogens with zero attached hydrogens (tertiary/aromatic N) is 5. The van der Waals surface area contributed by atoms with Gasteiger partial charge in [0.2, 0.25) is 11.8 Å². The molecule has 1 aromatic carbocycles. The van der Waals surface area contributed by atoms with Crippen molar-refractivity contribution in [1.29, 1.82) is 0 Å². The highest BCUT2D eigenvalue weighted by Gasteiger charge is 2.31. The lowest BCUT2D eigenvalue weighted by Crippen LogP contribution is -2.50. The highest BCUT2D eigenvalue weighted by molar-refractivity contribution is 5.95. The van der Waals surface area contributed by atoms with Gasteiger partial charge in [0.25, 0.3) is 5.91 Å². The van der Waals surface area contributed by atoms with Gasteiger partial charge in [-0.25, -0.2) is 9.67 Å². The summed E-state index contributed by atoms with van der Waals surface area (Å²) in [4.78, 5) is 47.3. The molecule has 1 aliphatic heterocycles. The zero-order chi connectivity index (χ0) is 30.3. The molecule has 3 heterocycles. The second-order valence-corrected chi connectivity index (χ2v) is 12.2. The highest BCUT2D eigenvalue weighted by atomic mass is 16.2. The predicted molar refractivity (Wildman–Crippen MR) is 162 cm³/mol. The molecule has 1 saturated carbocycles. The Morgan fingerprint density at radius 1 is 1.00 bits per heavy atom. The van der Waals surface area contributed by atoms with Gasteiger partial charge >= 0.3 is 0 Å². The standard InChI is InChI=1S/C32H44N8O3/c1-21(2)28-30-34-22(3)38-40(30)18-17-39(32(43)25-20-33-37-29(25)24-13-8-5-9-14-24)16-10-15-27(41)35-26(31(42)36-28)19-23-11-6-4-7-12-23/h4,6-7,11-12,20-21,24,26,28H,5,8-10,13-19H2,1-3H3,(H,33,37)(H,35,41)(H,36,42)/t26-,28+/m0/s1. The Hall–Kier alpha value is -4.02. The summed E-state index contributed by atoms with van der Waals surface area (Å²) in [7, 11) is 0. The number of aromatic nitrogens is 5. The minimum Gasteiger partial charge on any atom is -0.344 e. The fourth-order valence-electron chi connectivity index (χ4n) is 6.28. The summed E-state index contributed by atoms with van der Waals surface area (Å²) >= 11 is 0. The van der Waals surface area contributed by atoms with Gasteiger partial charge in [-0.05, 0) is 37.7 Å². The number of aryl methyl sites for hydroxylation is 1. The molecule has 0 saturated heterocycles. The number of carbonyl (C=O) groups excluding carboxylic acids is 3. The molecule has 0 radical (unpaired) electrons. The van der Waals surface area contributed by atoms with Crippen LogP contribution in [0.4, 0.5) is 0 Å². The number of hydrogen-bond donors (Lipinski definition) is 3. The number of rotatable bonds is 5. The van der Waals surface area contributed by atoms with E-state index in [0.717, 1.165) is 36.9 Å². The molecule has 0 bridgehead atoms. The lowest BCUT2D eigenvalue weighted by molar-refractivity contribution is -0.129. The molecule has 1 fully saturated rings. The fraction of sp³-hybridized carbons (Fsp3) is 0.562. The normalized spacial score (nSPS) is 21.2. The minimum absolute atomic E-state index is 0.00833. The molecule has 11 nitrogen and oxygen atoms in total. The molecule has 3 amide bonds. The summed E-state index contributed by atoms with van der Waals surface area (Å²) in [5, 5.41) is 18.2. The number of fused-ring (bicyclic) bond motifs is 1. The first kappa shape index (κ1) is 30.4. The van der Waals surface area contributed by atoms with Crippen molar-refractivity contribution in [2.75, 3.05) is 13.1 Å². The van der Waals surface area contributed by atoms with E-state index in [0.29, 0.717) is 55.6 Å². The van der Waals surface area contributed by atoms with E-state index in [-0.39, 0.29) is 30.1 Å². The number of carbonyl (C=O) groups is 3. The maximum Gasteiger partial charge on any atom is 0.257 e. The number of amides is 3. The summed E-state index contributed by atoms with van der Waals surface area (Å²) < 4.78 is 1.81. The third-order valence-corrected chi connectivity index (χ3v) is 8.60. The lowest BCUT2D eigenvalue weighted by atomic mass is 9.85. The first-order valence-electron chi connectivity index (χ1n) is 15.7. The van der Waals surface area contributed by atoms with Gasteiger partial charge in [0.1, 0.15) is 17.7 Å². The molecule has 43 heavy (non-hydrogen) atoms. The zero-order valence-electron chi connectivity index (χ0n) is 25.5. The van der Waals surface area contributed by atoms with Crippen LogP contribution in [0, 0.1) is 12.8 Å². The molecular weight excluding hydrogens is 544 g/mol.